The summed E-state index contributed by atoms with van der Waals surface area (Å²) in [5.74, 6) is 0.289. The Hall–Kier alpha value is -2.38. The number of nitrogens with one attached hydrogen (secondary N) is 1. The fourth-order valence-electron chi connectivity index (χ4n) is 2.95. The van der Waals surface area contributed by atoms with Crippen LogP contribution < -0.4 is 15.4 Å². The normalized spacial score (nSPS) is 15.2. The third kappa shape index (κ3) is 4.31. The van der Waals surface area contributed by atoms with Gasteiger partial charge in [0, 0.05) is 25.2 Å². The number of sulfonamides is 1. The first-order valence-corrected chi connectivity index (χ1v) is 10.4. The molecule has 3 rings (SSSR count). The molecule has 1 atom stereocenters. The quantitative estimate of drug-likeness (QED) is 0.762. The van der Waals surface area contributed by atoms with Gasteiger partial charge in [0.05, 0.1) is 10.6 Å². The zero-order valence-electron chi connectivity index (χ0n) is 15.6. The van der Waals surface area contributed by atoms with Gasteiger partial charge in [-0.05, 0) is 62.1 Å². The molecule has 0 heterocycles. The second-order valence-corrected chi connectivity index (χ2v) is 8.95. The molecule has 1 aliphatic rings. The lowest BCUT2D eigenvalue weighted by atomic mass is 10.1. The number of nitrogens with two attached hydrogens (primary N) is 1. The SMILES string of the molecule is Cc1ccc(S(=O)(=O)N(C)c2ccc(C(=O)NC(CN)C3CC3)cc2)cc1. The van der Waals surface area contributed by atoms with Crippen molar-refractivity contribution >= 4 is 21.6 Å². The Balaban J connectivity index is 1.74. The molecule has 1 amide bonds. The first-order chi connectivity index (χ1) is 12.8. The summed E-state index contributed by atoms with van der Waals surface area (Å²) in [7, 11) is -2.15. The van der Waals surface area contributed by atoms with Gasteiger partial charge in [-0.25, -0.2) is 8.42 Å². The molecule has 1 aliphatic carbocycles. The van der Waals surface area contributed by atoms with Gasteiger partial charge in [-0.3, -0.25) is 9.10 Å². The molecule has 0 spiro atoms. The van der Waals surface area contributed by atoms with Crippen LogP contribution in [0.15, 0.2) is 53.4 Å². The van der Waals surface area contributed by atoms with Crippen LogP contribution in [0, 0.1) is 12.8 Å². The van der Waals surface area contributed by atoms with Crippen molar-refractivity contribution in [2.24, 2.45) is 11.7 Å². The van der Waals surface area contributed by atoms with Gasteiger partial charge < -0.3 is 11.1 Å². The van der Waals surface area contributed by atoms with E-state index in [9.17, 15) is 13.2 Å². The minimum absolute atomic E-state index is 0.00163. The summed E-state index contributed by atoms with van der Waals surface area (Å²) in [6.07, 6.45) is 2.20. The van der Waals surface area contributed by atoms with Crippen LogP contribution in [0.3, 0.4) is 0 Å². The van der Waals surface area contributed by atoms with E-state index in [4.69, 9.17) is 5.73 Å². The Kier molecular flexibility index (Phi) is 5.53. The minimum Gasteiger partial charge on any atom is -0.348 e. The molecule has 27 heavy (non-hydrogen) atoms. The second kappa shape index (κ2) is 7.70. The number of rotatable bonds is 7. The molecule has 2 aromatic carbocycles. The molecule has 1 unspecified atom stereocenters. The van der Waals surface area contributed by atoms with E-state index in [2.05, 4.69) is 5.32 Å². The maximum Gasteiger partial charge on any atom is 0.264 e. The van der Waals surface area contributed by atoms with Gasteiger partial charge in [-0.15, -0.1) is 0 Å². The van der Waals surface area contributed by atoms with Crippen LogP contribution in [-0.2, 0) is 10.0 Å². The largest absolute Gasteiger partial charge is 0.348 e. The van der Waals surface area contributed by atoms with E-state index in [0.29, 0.717) is 23.7 Å². The van der Waals surface area contributed by atoms with Gasteiger partial charge in [0.25, 0.3) is 15.9 Å². The van der Waals surface area contributed by atoms with E-state index in [1.807, 2.05) is 6.92 Å². The first kappa shape index (κ1) is 19.4. The summed E-state index contributed by atoms with van der Waals surface area (Å²) in [6, 6.07) is 13.2. The van der Waals surface area contributed by atoms with Crippen molar-refractivity contribution in [2.75, 3.05) is 17.9 Å². The molecule has 0 saturated heterocycles. The van der Waals surface area contributed by atoms with Crippen molar-refractivity contribution in [3.63, 3.8) is 0 Å². The molecule has 1 fully saturated rings. The standard InChI is InChI=1S/C20H25N3O3S/c1-14-3-11-18(12-4-14)27(25,26)23(2)17-9-7-16(8-10-17)20(24)22-19(13-21)15-5-6-15/h3-4,7-12,15,19H,5-6,13,21H2,1-2H3,(H,22,24). The molecule has 0 aliphatic heterocycles. The third-order valence-corrected chi connectivity index (χ3v) is 6.73. The van der Waals surface area contributed by atoms with E-state index in [-0.39, 0.29) is 16.8 Å². The maximum atomic E-state index is 12.8. The van der Waals surface area contributed by atoms with Gasteiger partial charge in [-0.2, -0.15) is 0 Å². The number of benzene rings is 2. The lowest BCUT2D eigenvalue weighted by Crippen LogP contribution is -2.41. The van der Waals surface area contributed by atoms with Crippen molar-refractivity contribution in [1.82, 2.24) is 5.32 Å². The highest BCUT2D eigenvalue weighted by Crippen LogP contribution is 2.32. The van der Waals surface area contributed by atoms with E-state index < -0.39 is 10.0 Å². The van der Waals surface area contributed by atoms with Crippen molar-refractivity contribution < 1.29 is 13.2 Å². The Morgan fingerprint density at radius 1 is 1.15 bits per heavy atom. The Bertz CT molecular complexity index is 904. The van der Waals surface area contributed by atoms with Gasteiger partial charge in [-0.1, -0.05) is 17.7 Å². The van der Waals surface area contributed by atoms with E-state index in [1.165, 1.54) is 11.4 Å². The number of hydrogen-bond acceptors (Lipinski definition) is 4. The highest BCUT2D eigenvalue weighted by Gasteiger charge is 2.31. The third-order valence-electron chi connectivity index (χ3n) is 4.93. The lowest BCUT2D eigenvalue weighted by Gasteiger charge is -2.20. The van der Waals surface area contributed by atoms with Crippen LogP contribution in [0.2, 0.25) is 0 Å². The Morgan fingerprint density at radius 2 is 1.74 bits per heavy atom. The maximum absolute atomic E-state index is 12.8. The minimum atomic E-state index is -3.65. The summed E-state index contributed by atoms with van der Waals surface area (Å²) < 4.78 is 26.7. The number of nitrogens with zero attached hydrogens (tertiary/aromatic N) is 1. The zero-order chi connectivity index (χ0) is 19.6. The lowest BCUT2D eigenvalue weighted by molar-refractivity contribution is 0.0933. The highest BCUT2D eigenvalue weighted by molar-refractivity contribution is 7.92. The molecule has 0 bridgehead atoms. The number of aryl methyl sites for hydroxylation is 1. The van der Waals surface area contributed by atoms with Crippen molar-refractivity contribution in [1.29, 1.82) is 0 Å². The average Bonchev–Trinajstić information content (AvgIpc) is 3.51. The van der Waals surface area contributed by atoms with Crippen LogP contribution >= 0.6 is 0 Å². The topological polar surface area (TPSA) is 92.5 Å². The van der Waals surface area contributed by atoms with Crippen LogP contribution in [-0.4, -0.2) is 34.0 Å². The Morgan fingerprint density at radius 3 is 2.26 bits per heavy atom. The average molecular weight is 388 g/mol. The summed E-state index contributed by atoms with van der Waals surface area (Å²) in [6.45, 7) is 2.33. The van der Waals surface area contributed by atoms with Gasteiger partial charge >= 0.3 is 0 Å². The summed E-state index contributed by atoms with van der Waals surface area (Å²) in [4.78, 5) is 12.6. The van der Waals surface area contributed by atoms with Gasteiger partial charge in [0.15, 0.2) is 0 Å². The molecular weight excluding hydrogens is 362 g/mol. The number of amides is 1. The summed E-state index contributed by atoms with van der Waals surface area (Å²) in [5, 5.41) is 2.96. The summed E-state index contributed by atoms with van der Waals surface area (Å²) >= 11 is 0. The van der Waals surface area contributed by atoms with Crippen molar-refractivity contribution in [2.45, 2.75) is 30.7 Å². The molecule has 2 aromatic rings. The first-order valence-electron chi connectivity index (χ1n) is 8.99. The number of anilines is 1. The van der Waals surface area contributed by atoms with E-state index >= 15 is 0 Å². The van der Waals surface area contributed by atoms with Crippen LogP contribution in [0.1, 0.15) is 28.8 Å². The monoisotopic (exact) mass is 387 g/mol. The molecule has 1 saturated carbocycles. The molecule has 6 nitrogen and oxygen atoms in total. The highest BCUT2D eigenvalue weighted by atomic mass is 32.2. The predicted molar refractivity (Wildman–Crippen MR) is 106 cm³/mol. The second-order valence-electron chi connectivity index (χ2n) is 6.99. The molecule has 0 radical (unpaired) electrons. The number of carbonyl (C=O) groups excluding carboxylic acids is 1. The number of hydrogen-bond donors (Lipinski definition) is 2. The fraction of sp³-hybridized carbons (Fsp3) is 0.350. The fourth-order valence-corrected chi connectivity index (χ4v) is 4.14. The van der Waals surface area contributed by atoms with Gasteiger partial charge in [0.1, 0.15) is 0 Å². The van der Waals surface area contributed by atoms with Gasteiger partial charge in [0.2, 0.25) is 0 Å². The molecule has 144 valence electrons. The van der Waals surface area contributed by atoms with E-state index in [1.54, 1.807) is 48.5 Å². The molecular formula is C20H25N3O3S. The summed E-state index contributed by atoms with van der Waals surface area (Å²) in [5.41, 5.74) is 7.70. The molecule has 0 aromatic heterocycles. The van der Waals surface area contributed by atoms with E-state index in [0.717, 1.165) is 18.4 Å². The van der Waals surface area contributed by atoms with Crippen molar-refractivity contribution in [3.05, 3.63) is 59.7 Å². The molecule has 3 N–H and O–H groups in total. The molecule has 7 heteroatoms. The van der Waals surface area contributed by atoms with Crippen molar-refractivity contribution in [3.8, 4) is 0 Å². The predicted octanol–water partition coefficient (Wildman–Crippen LogP) is 2.29. The van der Waals surface area contributed by atoms with Crippen LogP contribution in [0.5, 0.6) is 0 Å². The smallest absolute Gasteiger partial charge is 0.264 e. The Labute approximate surface area is 160 Å². The van der Waals surface area contributed by atoms with Crippen LogP contribution in [0.25, 0.3) is 0 Å². The zero-order valence-corrected chi connectivity index (χ0v) is 16.4. The number of carbonyl (C=O) groups is 1. The van der Waals surface area contributed by atoms with Crippen LogP contribution in [0.4, 0.5) is 5.69 Å².